The number of hydrogen-bond acceptors (Lipinski definition) is 5. The van der Waals surface area contributed by atoms with E-state index in [1.165, 1.54) is 0 Å². The van der Waals surface area contributed by atoms with Gasteiger partial charge in [0.15, 0.2) is 0 Å². The van der Waals surface area contributed by atoms with Gasteiger partial charge in [-0.3, -0.25) is 0 Å². The molecule has 0 fully saturated rings. The maximum Gasteiger partial charge on any atom is 0.336 e. The first-order valence-electron chi connectivity index (χ1n) is 9.33. The van der Waals surface area contributed by atoms with E-state index >= 15 is 0 Å². The summed E-state index contributed by atoms with van der Waals surface area (Å²) in [6.45, 7) is 3.79. The summed E-state index contributed by atoms with van der Waals surface area (Å²) in [5.74, 6) is -0.962. The van der Waals surface area contributed by atoms with Crippen LogP contribution in [-0.4, -0.2) is 11.9 Å². The monoisotopic (exact) mass is 445 g/mol. The van der Waals surface area contributed by atoms with E-state index in [9.17, 15) is 9.59 Å². The summed E-state index contributed by atoms with van der Waals surface area (Å²) in [5.41, 5.74) is 3.75. The predicted molar refractivity (Wildman–Crippen MR) is 116 cm³/mol. The van der Waals surface area contributed by atoms with E-state index < -0.39 is 11.9 Å². The van der Waals surface area contributed by atoms with Gasteiger partial charge < -0.3 is 14.8 Å². The molecule has 5 nitrogen and oxygen atoms in total. The number of hydrogen-bond donors (Lipinski definition) is 1. The van der Waals surface area contributed by atoms with Crippen molar-refractivity contribution in [2.75, 3.05) is 0 Å². The number of benzene rings is 2. The van der Waals surface area contributed by atoms with Crippen molar-refractivity contribution in [3.05, 3.63) is 92.2 Å². The van der Waals surface area contributed by atoms with Crippen LogP contribution in [0.5, 0.6) is 0 Å². The van der Waals surface area contributed by atoms with Gasteiger partial charge in [-0.1, -0.05) is 47.5 Å². The molecule has 0 atom stereocenters. The molecule has 1 N–H and O–H groups in total. The minimum Gasteiger partial charge on any atom is -0.457 e. The van der Waals surface area contributed by atoms with Crippen molar-refractivity contribution in [1.29, 1.82) is 0 Å². The molecular formula is C23H21Cl2NO4. The van der Waals surface area contributed by atoms with Crippen molar-refractivity contribution in [2.24, 2.45) is 0 Å². The first-order chi connectivity index (χ1) is 14.3. The van der Waals surface area contributed by atoms with Crippen molar-refractivity contribution in [3.63, 3.8) is 0 Å². The van der Waals surface area contributed by atoms with Crippen LogP contribution in [0.4, 0.5) is 0 Å². The molecular weight excluding hydrogens is 425 g/mol. The number of carbonyl (C=O) groups is 2. The Bertz CT molecular complexity index is 927. The second-order valence-corrected chi connectivity index (χ2v) is 7.79. The molecule has 1 heterocycles. The molecule has 0 aromatic heterocycles. The number of esters is 2. The highest BCUT2D eigenvalue weighted by molar-refractivity contribution is 6.30. The van der Waals surface area contributed by atoms with E-state index in [-0.39, 0.29) is 19.6 Å². The summed E-state index contributed by atoms with van der Waals surface area (Å²) in [4.78, 5) is 25.2. The first-order valence-corrected chi connectivity index (χ1v) is 10.1. The Morgan fingerprint density at radius 2 is 1.13 bits per heavy atom. The molecule has 0 bridgehead atoms. The molecule has 2 aromatic rings. The maximum absolute atomic E-state index is 12.6. The fourth-order valence-electron chi connectivity index (χ4n) is 2.96. The number of rotatable bonds is 6. The van der Waals surface area contributed by atoms with Crippen LogP contribution in [0.15, 0.2) is 71.1 Å². The SMILES string of the molecule is CC1=C(C(=O)OCc2ccc(Cl)cc2)CC(C(=O)OCc2ccc(Cl)cc2)=C(C)N1. The molecule has 156 valence electrons. The lowest BCUT2D eigenvalue weighted by atomic mass is 9.98. The second kappa shape index (κ2) is 9.83. The average molecular weight is 446 g/mol. The molecule has 7 heteroatoms. The lowest BCUT2D eigenvalue weighted by Gasteiger charge is -2.22. The summed E-state index contributed by atoms with van der Waals surface area (Å²) < 4.78 is 10.8. The number of allylic oxidation sites excluding steroid dienone is 2. The first kappa shape index (κ1) is 21.9. The van der Waals surface area contributed by atoms with Crippen LogP contribution in [-0.2, 0) is 32.3 Å². The van der Waals surface area contributed by atoms with E-state index in [0.717, 1.165) is 11.1 Å². The van der Waals surface area contributed by atoms with Crippen LogP contribution in [0.25, 0.3) is 0 Å². The van der Waals surface area contributed by atoms with Crippen molar-refractivity contribution in [2.45, 2.75) is 33.5 Å². The summed E-state index contributed by atoms with van der Waals surface area (Å²) in [7, 11) is 0. The van der Waals surface area contributed by atoms with Gasteiger partial charge in [-0.25, -0.2) is 9.59 Å². The number of nitrogens with one attached hydrogen (secondary N) is 1. The molecule has 0 saturated carbocycles. The zero-order valence-electron chi connectivity index (χ0n) is 16.6. The highest BCUT2D eigenvalue weighted by atomic mass is 35.5. The van der Waals surface area contributed by atoms with Crippen LogP contribution in [0, 0.1) is 0 Å². The molecule has 2 aromatic carbocycles. The zero-order valence-corrected chi connectivity index (χ0v) is 18.1. The van der Waals surface area contributed by atoms with E-state index in [4.69, 9.17) is 32.7 Å². The highest BCUT2D eigenvalue weighted by Crippen LogP contribution is 2.25. The molecule has 0 aliphatic carbocycles. The lowest BCUT2D eigenvalue weighted by molar-refractivity contribution is -0.141. The van der Waals surface area contributed by atoms with Crippen LogP contribution in [0.1, 0.15) is 31.4 Å². The lowest BCUT2D eigenvalue weighted by Crippen LogP contribution is -2.26. The highest BCUT2D eigenvalue weighted by Gasteiger charge is 2.27. The van der Waals surface area contributed by atoms with E-state index in [1.54, 1.807) is 62.4 Å². The normalized spacial score (nSPS) is 13.7. The minimum atomic E-state index is -0.481. The third kappa shape index (κ3) is 5.65. The third-order valence-corrected chi connectivity index (χ3v) is 5.20. The largest absolute Gasteiger partial charge is 0.457 e. The predicted octanol–water partition coefficient (Wildman–Crippen LogP) is 5.32. The number of dihydropyridines is 1. The number of halogens is 2. The molecule has 1 aliphatic heterocycles. The van der Waals surface area contributed by atoms with Crippen LogP contribution < -0.4 is 5.32 Å². The Balaban J connectivity index is 1.61. The molecule has 0 saturated heterocycles. The number of ether oxygens (including phenoxy) is 2. The molecule has 3 rings (SSSR count). The minimum absolute atomic E-state index is 0.117. The van der Waals surface area contributed by atoms with Crippen molar-refractivity contribution >= 4 is 35.1 Å². The average Bonchev–Trinajstić information content (AvgIpc) is 2.72. The van der Waals surface area contributed by atoms with Gasteiger partial charge in [0.25, 0.3) is 0 Å². The van der Waals surface area contributed by atoms with Crippen molar-refractivity contribution in [1.82, 2.24) is 5.32 Å². The van der Waals surface area contributed by atoms with E-state index in [1.807, 2.05) is 0 Å². The molecule has 0 radical (unpaired) electrons. The van der Waals surface area contributed by atoms with Crippen LogP contribution in [0.3, 0.4) is 0 Å². The topological polar surface area (TPSA) is 64.6 Å². The van der Waals surface area contributed by atoms with Crippen molar-refractivity contribution < 1.29 is 19.1 Å². The Morgan fingerprint density at radius 1 is 0.767 bits per heavy atom. The standard InChI is InChI=1S/C23H21Cl2NO4/c1-14-20(22(27)29-12-16-3-7-18(24)8-4-16)11-21(15(2)26-14)23(28)30-13-17-5-9-19(25)10-6-17/h3-10,26H,11-13H2,1-2H3. The fraction of sp³-hybridized carbons (Fsp3) is 0.217. The molecule has 0 unspecified atom stereocenters. The molecule has 0 amide bonds. The van der Waals surface area contributed by atoms with Gasteiger partial charge in [-0.15, -0.1) is 0 Å². The van der Waals surface area contributed by atoms with Gasteiger partial charge in [-0.2, -0.15) is 0 Å². The van der Waals surface area contributed by atoms with Gasteiger partial charge in [-0.05, 0) is 49.2 Å². The van der Waals surface area contributed by atoms with E-state index in [0.29, 0.717) is 32.6 Å². The second-order valence-electron chi connectivity index (χ2n) is 6.91. The van der Waals surface area contributed by atoms with Gasteiger partial charge in [0.2, 0.25) is 0 Å². The van der Waals surface area contributed by atoms with Crippen molar-refractivity contribution in [3.8, 4) is 0 Å². The smallest absolute Gasteiger partial charge is 0.336 e. The van der Waals surface area contributed by atoms with Gasteiger partial charge in [0, 0.05) is 27.9 Å². The van der Waals surface area contributed by atoms with Crippen LogP contribution in [0.2, 0.25) is 10.0 Å². The van der Waals surface area contributed by atoms with E-state index in [2.05, 4.69) is 5.32 Å². The Hall–Kier alpha value is -2.76. The van der Waals surface area contributed by atoms with Gasteiger partial charge in [0.05, 0.1) is 11.1 Å². The molecule has 0 spiro atoms. The Kier molecular flexibility index (Phi) is 7.19. The quantitative estimate of drug-likeness (QED) is 0.609. The third-order valence-electron chi connectivity index (χ3n) is 4.69. The van der Waals surface area contributed by atoms with Crippen LogP contribution >= 0.6 is 23.2 Å². The summed E-state index contributed by atoms with van der Waals surface area (Å²) in [6.07, 6.45) is 0.142. The zero-order chi connectivity index (χ0) is 21.7. The Morgan fingerprint density at radius 3 is 1.50 bits per heavy atom. The fourth-order valence-corrected chi connectivity index (χ4v) is 3.21. The number of carbonyl (C=O) groups excluding carboxylic acids is 2. The summed E-state index contributed by atoms with van der Waals surface area (Å²) in [5, 5.41) is 4.30. The molecule has 30 heavy (non-hydrogen) atoms. The van der Waals surface area contributed by atoms with Gasteiger partial charge in [0.1, 0.15) is 13.2 Å². The molecule has 1 aliphatic rings. The maximum atomic E-state index is 12.6. The van der Waals surface area contributed by atoms with Gasteiger partial charge >= 0.3 is 11.9 Å². The Labute approximate surface area is 185 Å². The summed E-state index contributed by atoms with van der Waals surface area (Å²) >= 11 is 11.7. The summed E-state index contributed by atoms with van der Waals surface area (Å²) in [6, 6.07) is 14.1.